The second-order valence-corrected chi connectivity index (χ2v) is 3.06. The Morgan fingerprint density at radius 2 is 2.25 bits per heavy atom. The highest BCUT2D eigenvalue weighted by atomic mass is 19.1. The van der Waals surface area contributed by atoms with Crippen LogP contribution in [0, 0.1) is 0 Å². The van der Waals surface area contributed by atoms with Crippen molar-refractivity contribution in [2.75, 3.05) is 20.4 Å². The van der Waals surface area contributed by atoms with Crippen LogP contribution in [0.15, 0.2) is 18.2 Å². The highest BCUT2D eigenvalue weighted by Gasteiger charge is 2.12. The topological polar surface area (TPSA) is 55.8 Å². The Morgan fingerprint density at radius 1 is 1.50 bits per heavy atom. The average Bonchev–Trinajstić information content (AvgIpc) is 2.29. The molecule has 4 nitrogen and oxygen atoms in total. The normalized spacial score (nSPS) is 9.88. The van der Waals surface area contributed by atoms with E-state index in [0.717, 1.165) is 0 Å². The number of benzene rings is 1. The molecule has 5 heteroatoms. The zero-order valence-electron chi connectivity index (χ0n) is 8.90. The summed E-state index contributed by atoms with van der Waals surface area (Å²) in [6.07, 6.45) is 0.232. The number of carboxylic acid groups (broad SMARTS) is 1. The molecule has 0 heterocycles. The molecule has 0 unspecified atom stereocenters. The summed E-state index contributed by atoms with van der Waals surface area (Å²) in [6, 6.07) is 4.40. The van der Waals surface area contributed by atoms with Gasteiger partial charge in [-0.05, 0) is 12.1 Å². The fourth-order valence-corrected chi connectivity index (χ4v) is 1.16. The number of aromatic carboxylic acids is 1. The van der Waals surface area contributed by atoms with Crippen LogP contribution in [0.2, 0.25) is 0 Å². The molecule has 88 valence electrons. The van der Waals surface area contributed by atoms with Gasteiger partial charge in [0.05, 0.1) is 20.4 Å². The van der Waals surface area contributed by atoms with Gasteiger partial charge in [-0.3, -0.25) is 4.39 Å². The first kappa shape index (κ1) is 12.3. The van der Waals surface area contributed by atoms with Gasteiger partial charge in [-0.15, -0.1) is 0 Å². The Bertz CT molecular complexity index is 365. The third-order valence-electron chi connectivity index (χ3n) is 1.95. The molecule has 0 saturated carbocycles. The Morgan fingerprint density at radius 3 is 2.81 bits per heavy atom. The number of carbonyl (C=O) groups is 1. The molecule has 0 aliphatic rings. The van der Waals surface area contributed by atoms with E-state index in [9.17, 15) is 9.18 Å². The van der Waals surface area contributed by atoms with Gasteiger partial charge in [-0.1, -0.05) is 0 Å². The molecule has 16 heavy (non-hydrogen) atoms. The van der Waals surface area contributed by atoms with E-state index in [1.807, 2.05) is 0 Å². The summed E-state index contributed by atoms with van der Waals surface area (Å²) in [5.74, 6) is -0.390. The SMILES string of the molecule is COc1ccc(C(=O)O)c(OCCCF)c1. The maximum atomic E-state index is 11.9. The maximum Gasteiger partial charge on any atom is 0.339 e. The van der Waals surface area contributed by atoms with E-state index >= 15 is 0 Å². The van der Waals surface area contributed by atoms with E-state index in [-0.39, 0.29) is 24.3 Å². The number of carboxylic acids is 1. The average molecular weight is 228 g/mol. The summed E-state index contributed by atoms with van der Waals surface area (Å²) in [5, 5.41) is 8.89. The number of halogens is 1. The summed E-state index contributed by atoms with van der Waals surface area (Å²) in [4.78, 5) is 10.9. The molecule has 1 aromatic rings. The van der Waals surface area contributed by atoms with E-state index in [4.69, 9.17) is 14.6 Å². The first-order chi connectivity index (χ1) is 7.69. The zero-order chi connectivity index (χ0) is 12.0. The molecule has 1 aromatic carbocycles. The third-order valence-corrected chi connectivity index (χ3v) is 1.95. The monoisotopic (exact) mass is 228 g/mol. The minimum Gasteiger partial charge on any atom is -0.497 e. The summed E-state index contributed by atoms with van der Waals surface area (Å²) in [7, 11) is 1.47. The number of hydrogen-bond acceptors (Lipinski definition) is 3. The molecule has 0 bridgehead atoms. The summed E-state index contributed by atoms with van der Waals surface area (Å²) < 4.78 is 22.0. The molecule has 0 aliphatic heterocycles. The minimum atomic E-state index is -1.09. The lowest BCUT2D eigenvalue weighted by atomic mass is 10.2. The van der Waals surface area contributed by atoms with Crippen molar-refractivity contribution in [3.63, 3.8) is 0 Å². The zero-order valence-corrected chi connectivity index (χ0v) is 8.90. The van der Waals surface area contributed by atoms with Crippen LogP contribution < -0.4 is 9.47 Å². The smallest absolute Gasteiger partial charge is 0.339 e. The molecule has 1 rings (SSSR count). The van der Waals surface area contributed by atoms with E-state index in [2.05, 4.69) is 0 Å². The number of alkyl halides is 1. The fraction of sp³-hybridized carbons (Fsp3) is 0.364. The molecular weight excluding hydrogens is 215 g/mol. The highest BCUT2D eigenvalue weighted by molar-refractivity contribution is 5.91. The first-order valence-corrected chi connectivity index (χ1v) is 4.79. The third kappa shape index (κ3) is 3.12. The van der Waals surface area contributed by atoms with Crippen molar-refractivity contribution in [2.45, 2.75) is 6.42 Å². The number of rotatable bonds is 6. The van der Waals surface area contributed by atoms with Crippen molar-refractivity contribution in [1.29, 1.82) is 0 Å². The van der Waals surface area contributed by atoms with Gasteiger partial charge in [0, 0.05) is 12.5 Å². The van der Waals surface area contributed by atoms with Crippen molar-refractivity contribution in [3.05, 3.63) is 23.8 Å². The lowest BCUT2D eigenvalue weighted by molar-refractivity contribution is 0.0692. The van der Waals surface area contributed by atoms with Crippen molar-refractivity contribution in [3.8, 4) is 11.5 Å². The van der Waals surface area contributed by atoms with Crippen molar-refractivity contribution in [1.82, 2.24) is 0 Å². The van der Waals surface area contributed by atoms with Crippen LogP contribution in [0.25, 0.3) is 0 Å². The molecule has 0 aromatic heterocycles. The molecule has 0 spiro atoms. The van der Waals surface area contributed by atoms with Crippen molar-refractivity contribution >= 4 is 5.97 Å². The Balaban J connectivity index is 2.87. The van der Waals surface area contributed by atoms with Gasteiger partial charge >= 0.3 is 5.97 Å². The molecule has 0 radical (unpaired) electrons. The molecule has 0 aliphatic carbocycles. The Labute approximate surface area is 92.6 Å². The van der Waals surface area contributed by atoms with E-state index in [1.165, 1.54) is 25.3 Å². The van der Waals surface area contributed by atoms with Gasteiger partial charge in [0.25, 0.3) is 0 Å². The molecule has 0 saturated heterocycles. The maximum absolute atomic E-state index is 11.9. The quantitative estimate of drug-likeness (QED) is 0.758. The molecule has 1 N–H and O–H groups in total. The summed E-state index contributed by atoms with van der Waals surface area (Å²) in [6.45, 7) is -0.351. The van der Waals surface area contributed by atoms with Crippen LogP contribution in [-0.2, 0) is 0 Å². The summed E-state index contributed by atoms with van der Waals surface area (Å²) >= 11 is 0. The Hall–Kier alpha value is -1.78. The fourth-order valence-electron chi connectivity index (χ4n) is 1.16. The number of methoxy groups -OCH3 is 1. The van der Waals surface area contributed by atoms with Crippen LogP contribution in [0.3, 0.4) is 0 Å². The van der Waals surface area contributed by atoms with E-state index in [1.54, 1.807) is 0 Å². The van der Waals surface area contributed by atoms with Crippen LogP contribution in [-0.4, -0.2) is 31.5 Å². The molecule has 0 amide bonds. The number of ether oxygens (including phenoxy) is 2. The van der Waals surface area contributed by atoms with Gasteiger partial charge in [0.2, 0.25) is 0 Å². The first-order valence-electron chi connectivity index (χ1n) is 4.79. The molecule has 0 atom stereocenters. The lowest BCUT2D eigenvalue weighted by Gasteiger charge is -2.09. The van der Waals surface area contributed by atoms with E-state index < -0.39 is 12.6 Å². The molecular formula is C11H13FO4. The van der Waals surface area contributed by atoms with Gasteiger partial charge < -0.3 is 14.6 Å². The van der Waals surface area contributed by atoms with Crippen LogP contribution in [0.5, 0.6) is 11.5 Å². The van der Waals surface area contributed by atoms with Gasteiger partial charge in [0.1, 0.15) is 17.1 Å². The van der Waals surface area contributed by atoms with Gasteiger partial charge in [-0.2, -0.15) is 0 Å². The van der Waals surface area contributed by atoms with Gasteiger partial charge in [0.15, 0.2) is 0 Å². The van der Waals surface area contributed by atoms with Crippen LogP contribution in [0.4, 0.5) is 4.39 Å². The summed E-state index contributed by atoms with van der Waals surface area (Å²) in [5.41, 5.74) is 0.0414. The van der Waals surface area contributed by atoms with E-state index in [0.29, 0.717) is 5.75 Å². The lowest BCUT2D eigenvalue weighted by Crippen LogP contribution is -2.05. The largest absolute Gasteiger partial charge is 0.497 e. The minimum absolute atomic E-state index is 0.0414. The van der Waals surface area contributed by atoms with Crippen molar-refractivity contribution in [2.24, 2.45) is 0 Å². The van der Waals surface area contributed by atoms with Gasteiger partial charge in [-0.25, -0.2) is 4.79 Å². The predicted molar refractivity (Wildman–Crippen MR) is 56.0 cm³/mol. The number of hydrogen-bond donors (Lipinski definition) is 1. The Kier molecular flexibility index (Phi) is 4.57. The van der Waals surface area contributed by atoms with Crippen LogP contribution >= 0.6 is 0 Å². The standard InChI is InChI=1S/C11H13FO4/c1-15-8-3-4-9(11(13)14)10(7-8)16-6-2-5-12/h3-4,7H,2,5-6H2,1H3,(H,13,14). The highest BCUT2D eigenvalue weighted by Crippen LogP contribution is 2.24. The van der Waals surface area contributed by atoms with Crippen molar-refractivity contribution < 1.29 is 23.8 Å². The second kappa shape index (κ2) is 5.95. The molecule has 0 fully saturated rings. The predicted octanol–water partition coefficient (Wildman–Crippen LogP) is 2.13. The second-order valence-electron chi connectivity index (χ2n) is 3.06. The van der Waals surface area contributed by atoms with Crippen LogP contribution in [0.1, 0.15) is 16.8 Å².